The molecule has 0 radical (unpaired) electrons. The van der Waals surface area contributed by atoms with E-state index >= 15 is 0 Å². The molecule has 0 aliphatic carbocycles. The number of nitrogens with one attached hydrogen (secondary N) is 1. The monoisotopic (exact) mass is 232 g/mol. The number of rotatable bonds is 5. The Balaban J connectivity index is 1.93. The normalized spacial score (nSPS) is 19.4. The minimum Gasteiger partial charge on any atom is -0.308 e. The average Bonchev–Trinajstić information content (AvgIpc) is 2.38. The summed E-state index contributed by atoms with van der Waals surface area (Å²) in [5.74, 6) is 0. The van der Waals surface area contributed by atoms with Gasteiger partial charge in [-0.05, 0) is 37.1 Å². The van der Waals surface area contributed by atoms with Gasteiger partial charge in [0, 0.05) is 19.1 Å². The lowest BCUT2D eigenvalue weighted by Gasteiger charge is -2.31. The molecule has 2 nitrogen and oxygen atoms in total. The fraction of sp³-hybridized carbons (Fsp3) is 0.600. The SMILES string of the molecule is CCCN(CC)C[C@@H]1Cc2ccccc2CN1. The highest BCUT2D eigenvalue weighted by atomic mass is 15.1. The van der Waals surface area contributed by atoms with Gasteiger partial charge in [-0.2, -0.15) is 0 Å². The van der Waals surface area contributed by atoms with E-state index in [1.54, 1.807) is 0 Å². The average molecular weight is 232 g/mol. The van der Waals surface area contributed by atoms with Gasteiger partial charge in [0.2, 0.25) is 0 Å². The summed E-state index contributed by atoms with van der Waals surface area (Å²) in [6.45, 7) is 9.10. The fourth-order valence-electron chi connectivity index (χ4n) is 2.66. The first-order valence-corrected chi connectivity index (χ1v) is 6.86. The number of likely N-dealkylation sites (N-methyl/N-ethyl adjacent to an activating group) is 1. The van der Waals surface area contributed by atoms with Crippen LogP contribution in [0.25, 0.3) is 0 Å². The zero-order valence-corrected chi connectivity index (χ0v) is 11.1. The van der Waals surface area contributed by atoms with Gasteiger partial charge in [0.1, 0.15) is 0 Å². The Hall–Kier alpha value is -0.860. The molecule has 1 N–H and O–H groups in total. The van der Waals surface area contributed by atoms with Crippen molar-refractivity contribution in [3.05, 3.63) is 35.4 Å². The van der Waals surface area contributed by atoms with Crippen molar-refractivity contribution < 1.29 is 0 Å². The predicted octanol–water partition coefficient (Wildman–Crippen LogP) is 2.43. The molecule has 1 atom stereocenters. The van der Waals surface area contributed by atoms with Crippen molar-refractivity contribution in [2.24, 2.45) is 0 Å². The molecule has 94 valence electrons. The van der Waals surface area contributed by atoms with Crippen molar-refractivity contribution in [2.75, 3.05) is 19.6 Å². The summed E-state index contributed by atoms with van der Waals surface area (Å²) < 4.78 is 0. The molecule has 2 rings (SSSR count). The third kappa shape index (κ3) is 3.30. The van der Waals surface area contributed by atoms with Gasteiger partial charge in [-0.1, -0.05) is 38.1 Å². The van der Waals surface area contributed by atoms with E-state index in [9.17, 15) is 0 Å². The maximum atomic E-state index is 3.66. The van der Waals surface area contributed by atoms with Gasteiger partial charge in [-0.15, -0.1) is 0 Å². The highest BCUT2D eigenvalue weighted by molar-refractivity contribution is 5.29. The van der Waals surface area contributed by atoms with Crippen LogP contribution in [0.2, 0.25) is 0 Å². The van der Waals surface area contributed by atoms with Gasteiger partial charge < -0.3 is 10.2 Å². The molecular weight excluding hydrogens is 208 g/mol. The minimum absolute atomic E-state index is 0.622. The molecule has 1 heterocycles. The maximum Gasteiger partial charge on any atom is 0.0238 e. The highest BCUT2D eigenvalue weighted by Crippen LogP contribution is 2.16. The Morgan fingerprint density at radius 2 is 2.00 bits per heavy atom. The molecule has 0 spiro atoms. The van der Waals surface area contributed by atoms with Crippen LogP contribution in [0.3, 0.4) is 0 Å². The van der Waals surface area contributed by atoms with E-state index in [-0.39, 0.29) is 0 Å². The molecule has 1 aromatic rings. The van der Waals surface area contributed by atoms with Crippen LogP contribution < -0.4 is 5.32 Å². The smallest absolute Gasteiger partial charge is 0.0238 e. The molecule has 1 aliphatic heterocycles. The second-order valence-corrected chi connectivity index (χ2v) is 4.94. The number of nitrogens with zero attached hydrogens (tertiary/aromatic N) is 1. The molecule has 0 saturated carbocycles. The van der Waals surface area contributed by atoms with Crippen molar-refractivity contribution in [3.63, 3.8) is 0 Å². The van der Waals surface area contributed by atoms with E-state index in [4.69, 9.17) is 0 Å². The number of benzene rings is 1. The van der Waals surface area contributed by atoms with Crippen LogP contribution in [0.4, 0.5) is 0 Å². The van der Waals surface area contributed by atoms with Crippen molar-refractivity contribution in [3.8, 4) is 0 Å². The predicted molar refractivity (Wildman–Crippen MR) is 73.2 cm³/mol. The lowest BCUT2D eigenvalue weighted by molar-refractivity contribution is 0.247. The van der Waals surface area contributed by atoms with E-state index in [2.05, 4.69) is 48.3 Å². The highest BCUT2D eigenvalue weighted by Gasteiger charge is 2.18. The summed E-state index contributed by atoms with van der Waals surface area (Å²) in [6, 6.07) is 9.43. The van der Waals surface area contributed by atoms with Gasteiger partial charge in [-0.3, -0.25) is 0 Å². The minimum atomic E-state index is 0.622. The van der Waals surface area contributed by atoms with Crippen LogP contribution in [0.15, 0.2) is 24.3 Å². The molecule has 1 aliphatic rings. The quantitative estimate of drug-likeness (QED) is 0.839. The van der Waals surface area contributed by atoms with E-state index in [0.717, 1.165) is 13.1 Å². The van der Waals surface area contributed by atoms with E-state index in [0.29, 0.717) is 6.04 Å². The lowest BCUT2D eigenvalue weighted by Crippen LogP contribution is -2.44. The van der Waals surface area contributed by atoms with Crippen LogP contribution in [0.1, 0.15) is 31.4 Å². The summed E-state index contributed by atoms with van der Waals surface area (Å²) in [7, 11) is 0. The summed E-state index contributed by atoms with van der Waals surface area (Å²) in [4.78, 5) is 2.55. The van der Waals surface area contributed by atoms with Gasteiger partial charge in [0.05, 0.1) is 0 Å². The van der Waals surface area contributed by atoms with Crippen LogP contribution >= 0.6 is 0 Å². The number of hydrogen-bond donors (Lipinski definition) is 1. The topological polar surface area (TPSA) is 15.3 Å². The van der Waals surface area contributed by atoms with Gasteiger partial charge in [0.15, 0.2) is 0 Å². The third-order valence-electron chi connectivity index (χ3n) is 3.63. The van der Waals surface area contributed by atoms with E-state index < -0.39 is 0 Å². The molecule has 17 heavy (non-hydrogen) atoms. The third-order valence-corrected chi connectivity index (χ3v) is 3.63. The van der Waals surface area contributed by atoms with Crippen molar-refractivity contribution >= 4 is 0 Å². The summed E-state index contributed by atoms with van der Waals surface area (Å²) >= 11 is 0. The fourth-order valence-corrected chi connectivity index (χ4v) is 2.66. The molecule has 0 aromatic heterocycles. The van der Waals surface area contributed by atoms with Crippen molar-refractivity contribution in [1.29, 1.82) is 0 Å². The molecule has 0 saturated heterocycles. The zero-order valence-electron chi connectivity index (χ0n) is 11.1. The number of hydrogen-bond acceptors (Lipinski definition) is 2. The van der Waals surface area contributed by atoms with Crippen LogP contribution in [-0.4, -0.2) is 30.6 Å². The Labute approximate surface area is 105 Å². The van der Waals surface area contributed by atoms with E-state index in [1.807, 2.05) is 0 Å². The summed E-state index contributed by atoms with van der Waals surface area (Å²) in [5.41, 5.74) is 3.01. The van der Waals surface area contributed by atoms with Crippen LogP contribution in [0, 0.1) is 0 Å². The van der Waals surface area contributed by atoms with Gasteiger partial charge in [0.25, 0.3) is 0 Å². The molecule has 0 bridgehead atoms. The van der Waals surface area contributed by atoms with Crippen molar-refractivity contribution in [1.82, 2.24) is 10.2 Å². The molecule has 0 amide bonds. The molecule has 2 heteroatoms. The second-order valence-electron chi connectivity index (χ2n) is 4.94. The Morgan fingerprint density at radius 3 is 2.71 bits per heavy atom. The number of fused-ring (bicyclic) bond motifs is 1. The first-order valence-electron chi connectivity index (χ1n) is 6.86. The molecule has 0 unspecified atom stereocenters. The molecule has 1 aromatic carbocycles. The van der Waals surface area contributed by atoms with E-state index in [1.165, 1.54) is 37.1 Å². The maximum absolute atomic E-state index is 3.66. The van der Waals surface area contributed by atoms with Gasteiger partial charge in [-0.25, -0.2) is 0 Å². The van der Waals surface area contributed by atoms with Crippen LogP contribution in [-0.2, 0) is 13.0 Å². The second kappa shape index (κ2) is 6.18. The Bertz CT molecular complexity index is 349. The summed E-state index contributed by atoms with van der Waals surface area (Å²) in [6.07, 6.45) is 2.42. The van der Waals surface area contributed by atoms with Crippen LogP contribution in [0.5, 0.6) is 0 Å². The summed E-state index contributed by atoms with van der Waals surface area (Å²) in [5, 5.41) is 3.66. The first kappa shape index (κ1) is 12.6. The van der Waals surface area contributed by atoms with Crippen molar-refractivity contribution in [2.45, 2.75) is 39.3 Å². The molecule has 0 fully saturated rings. The first-order chi connectivity index (χ1) is 8.33. The standard InChI is InChI=1S/C15H24N2/c1-3-9-17(4-2)12-15-10-13-7-5-6-8-14(13)11-16-15/h5-8,15-16H,3-4,9-12H2,1-2H3/t15-/m0/s1. The Morgan fingerprint density at radius 1 is 1.24 bits per heavy atom. The zero-order chi connectivity index (χ0) is 12.1. The lowest BCUT2D eigenvalue weighted by atomic mass is 9.95. The van der Waals surface area contributed by atoms with Gasteiger partial charge >= 0.3 is 0 Å². The largest absolute Gasteiger partial charge is 0.308 e. The Kier molecular flexibility index (Phi) is 4.57. The molecular formula is C15H24N2.